The number of hydrogen-bond donors (Lipinski definition) is 1. The first-order chi connectivity index (χ1) is 21.3. The van der Waals surface area contributed by atoms with Crippen LogP contribution >= 0.6 is 0 Å². The van der Waals surface area contributed by atoms with Crippen molar-refractivity contribution >= 4 is 0 Å². The average molecular weight is 607 g/mol. The molecule has 1 heteroatoms. The third-order valence-corrected chi connectivity index (χ3v) is 10.3. The smallest absolute Gasteiger partial charge is 0.0568 e. The molecule has 0 aromatic heterocycles. The molecule has 0 aromatic rings. The molecule has 0 amide bonds. The summed E-state index contributed by atoms with van der Waals surface area (Å²) in [7, 11) is 0. The van der Waals surface area contributed by atoms with Gasteiger partial charge in [-0.1, -0.05) is 239 Å². The average Bonchev–Trinajstić information content (AvgIpc) is 3.01. The van der Waals surface area contributed by atoms with Crippen LogP contribution in [0.1, 0.15) is 258 Å². The Bertz CT molecular complexity index is 474. The summed E-state index contributed by atoms with van der Waals surface area (Å²) in [5.41, 5.74) is 0. The maximum absolute atomic E-state index is 11.2. The Balaban J connectivity index is 3.92. The molecule has 0 spiro atoms. The maximum atomic E-state index is 11.2. The fraction of sp³-hybridized carbons (Fsp3) is 1.00. The quantitative estimate of drug-likeness (QED) is 0.0693. The lowest BCUT2D eigenvalue weighted by molar-refractivity contribution is 0.0829. The standard InChI is InChI=1S/C42H86O/c1-4-7-10-13-16-19-21-22-23-24-25-26-28-31-34-37-40-42(43)41(38-35-32-29-18-15-12-9-6-3)39-36-33-30-27-20-17-14-11-8-5-2/h41-43H,4-40H2,1-3H3. The molecule has 0 fully saturated rings. The molecule has 43 heavy (non-hydrogen) atoms. The molecule has 2 atom stereocenters. The monoisotopic (exact) mass is 607 g/mol. The molecule has 260 valence electrons. The maximum Gasteiger partial charge on any atom is 0.0568 e. The first-order valence-corrected chi connectivity index (χ1v) is 20.9. The van der Waals surface area contributed by atoms with Crippen molar-refractivity contribution < 1.29 is 5.11 Å². The van der Waals surface area contributed by atoms with Gasteiger partial charge in [0.25, 0.3) is 0 Å². The Hall–Kier alpha value is -0.0400. The SMILES string of the molecule is CCCCCCCCCCCCCCCCCCC(O)C(CCCCCCCCCC)CCCCCCCCCCCC. The van der Waals surface area contributed by atoms with Crippen LogP contribution in [0.15, 0.2) is 0 Å². The normalized spacial score (nSPS) is 13.1. The second kappa shape index (κ2) is 38.1. The van der Waals surface area contributed by atoms with E-state index < -0.39 is 0 Å². The first kappa shape index (κ1) is 43.0. The van der Waals surface area contributed by atoms with Crippen LogP contribution in [0.2, 0.25) is 0 Å². The summed E-state index contributed by atoms with van der Waals surface area (Å²) in [6, 6.07) is 0. The van der Waals surface area contributed by atoms with Crippen LogP contribution in [0.3, 0.4) is 0 Å². The van der Waals surface area contributed by atoms with E-state index in [2.05, 4.69) is 20.8 Å². The lowest BCUT2D eigenvalue weighted by Gasteiger charge is -2.23. The summed E-state index contributed by atoms with van der Waals surface area (Å²) in [4.78, 5) is 0. The highest BCUT2D eigenvalue weighted by molar-refractivity contribution is 4.70. The van der Waals surface area contributed by atoms with E-state index in [1.165, 1.54) is 231 Å². The Morgan fingerprint density at radius 1 is 0.256 bits per heavy atom. The zero-order valence-corrected chi connectivity index (χ0v) is 30.8. The van der Waals surface area contributed by atoms with Gasteiger partial charge in [-0.2, -0.15) is 0 Å². The summed E-state index contributed by atoms with van der Waals surface area (Å²) in [5.74, 6) is 0.561. The van der Waals surface area contributed by atoms with Gasteiger partial charge in [0, 0.05) is 0 Å². The van der Waals surface area contributed by atoms with E-state index >= 15 is 0 Å². The second-order valence-corrected chi connectivity index (χ2v) is 14.7. The molecule has 2 unspecified atom stereocenters. The molecule has 0 aliphatic heterocycles. The number of aliphatic hydroxyl groups is 1. The molecule has 0 aromatic carbocycles. The predicted molar refractivity (Wildman–Crippen MR) is 197 cm³/mol. The largest absolute Gasteiger partial charge is 0.393 e. The molecule has 0 saturated heterocycles. The number of rotatable bonds is 38. The van der Waals surface area contributed by atoms with Gasteiger partial charge in [0.2, 0.25) is 0 Å². The Morgan fingerprint density at radius 3 is 0.674 bits per heavy atom. The Labute approximate surface area is 274 Å². The first-order valence-electron chi connectivity index (χ1n) is 20.9. The van der Waals surface area contributed by atoms with Crippen molar-refractivity contribution in [1.82, 2.24) is 0 Å². The van der Waals surface area contributed by atoms with E-state index in [-0.39, 0.29) is 6.10 Å². The molecule has 0 bridgehead atoms. The topological polar surface area (TPSA) is 20.2 Å². The summed E-state index contributed by atoms with van der Waals surface area (Å²) in [6.45, 7) is 6.92. The third-order valence-electron chi connectivity index (χ3n) is 10.3. The van der Waals surface area contributed by atoms with Crippen LogP contribution in [0, 0.1) is 5.92 Å². The number of aliphatic hydroxyl groups excluding tert-OH is 1. The second-order valence-electron chi connectivity index (χ2n) is 14.7. The van der Waals surface area contributed by atoms with Crippen molar-refractivity contribution in [1.29, 1.82) is 0 Å². The summed E-state index contributed by atoms with van der Waals surface area (Å²) < 4.78 is 0. The molecule has 1 N–H and O–H groups in total. The molecule has 0 heterocycles. The van der Waals surface area contributed by atoms with E-state index in [0.29, 0.717) is 5.92 Å². The minimum absolute atomic E-state index is 0.0465. The van der Waals surface area contributed by atoms with Crippen LogP contribution in [0.25, 0.3) is 0 Å². The highest BCUT2D eigenvalue weighted by atomic mass is 16.3. The van der Waals surface area contributed by atoms with Crippen LogP contribution in [-0.4, -0.2) is 11.2 Å². The predicted octanol–water partition coefficient (Wildman–Crippen LogP) is 15.5. The van der Waals surface area contributed by atoms with Gasteiger partial charge < -0.3 is 5.11 Å². The van der Waals surface area contributed by atoms with Gasteiger partial charge in [0.15, 0.2) is 0 Å². The van der Waals surface area contributed by atoms with Crippen molar-refractivity contribution in [2.75, 3.05) is 0 Å². The molecule has 0 aliphatic carbocycles. The zero-order valence-electron chi connectivity index (χ0n) is 30.8. The Kier molecular flexibility index (Phi) is 38.1. The van der Waals surface area contributed by atoms with E-state index in [0.717, 1.165) is 6.42 Å². The van der Waals surface area contributed by atoms with E-state index in [9.17, 15) is 5.11 Å². The molecule has 1 nitrogen and oxygen atoms in total. The van der Waals surface area contributed by atoms with Gasteiger partial charge in [-0.25, -0.2) is 0 Å². The highest BCUT2D eigenvalue weighted by Crippen LogP contribution is 2.26. The minimum atomic E-state index is -0.0465. The fourth-order valence-corrected chi connectivity index (χ4v) is 7.10. The van der Waals surface area contributed by atoms with Crippen molar-refractivity contribution in [3.05, 3.63) is 0 Å². The molecular formula is C42H86O. The summed E-state index contributed by atoms with van der Waals surface area (Å²) in [6.07, 6.45) is 51.5. The molecular weight excluding hydrogens is 520 g/mol. The lowest BCUT2D eigenvalue weighted by Crippen LogP contribution is -2.20. The van der Waals surface area contributed by atoms with Crippen LogP contribution in [-0.2, 0) is 0 Å². The molecule has 0 saturated carbocycles. The Morgan fingerprint density at radius 2 is 0.442 bits per heavy atom. The van der Waals surface area contributed by atoms with E-state index in [1.54, 1.807) is 0 Å². The molecule has 0 aliphatic rings. The van der Waals surface area contributed by atoms with Crippen molar-refractivity contribution in [3.63, 3.8) is 0 Å². The molecule has 0 rings (SSSR count). The highest BCUT2D eigenvalue weighted by Gasteiger charge is 2.18. The van der Waals surface area contributed by atoms with Crippen molar-refractivity contribution in [3.8, 4) is 0 Å². The van der Waals surface area contributed by atoms with Gasteiger partial charge in [0.1, 0.15) is 0 Å². The zero-order chi connectivity index (χ0) is 31.3. The van der Waals surface area contributed by atoms with Gasteiger partial charge in [-0.3, -0.25) is 0 Å². The number of unbranched alkanes of at least 4 members (excludes halogenated alkanes) is 31. The minimum Gasteiger partial charge on any atom is -0.393 e. The summed E-state index contributed by atoms with van der Waals surface area (Å²) in [5, 5.41) is 11.2. The summed E-state index contributed by atoms with van der Waals surface area (Å²) >= 11 is 0. The lowest BCUT2D eigenvalue weighted by atomic mass is 9.87. The van der Waals surface area contributed by atoms with Crippen LogP contribution in [0.5, 0.6) is 0 Å². The third kappa shape index (κ3) is 34.7. The van der Waals surface area contributed by atoms with E-state index in [4.69, 9.17) is 0 Å². The van der Waals surface area contributed by atoms with Crippen molar-refractivity contribution in [2.24, 2.45) is 5.92 Å². The molecule has 0 radical (unpaired) electrons. The van der Waals surface area contributed by atoms with Crippen LogP contribution in [0.4, 0.5) is 0 Å². The van der Waals surface area contributed by atoms with Crippen LogP contribution < -0.4 is 0 Å². The van der Waals surface area contributed by atoms with Gasteiger partial charge in [-0.15, -0.1) is 0 Å². The fourth-order valence-electron chi connectivity index (χ4n) is 7.10. The van der Waals surface area contributed by atoms with Gasteiger partial charge in [0.05, 0.1) is 6.10 Å². The van der Waals surface area contributed by atoms with Gasteiger partial charge in [-0.05, 0) is 25.2 Å². The van der Waals surface area contributed by atoms with E-state index in [1.807, 2.05) is 0 Å². The van der Waals surface area contributed by atoms with Gasteiger partial charge >= 0.3 is 0 Å². The number of hydrogen-bond acceptors (Lipinski definition) is 1. The van der Waals surface area contributed by atoms with Crippen molar-refractivity contribution in [2.45, 2.75) is 264 Å².